The average Bonchev–Trinajstić information content (AvgIpc) is 3.16. The van der Waals surface area contributed by atoms with E-state index in [9.17, 15) is 4.79 Å². The number of para-hydroxylation sites is 1. The van der Waals surface area contributed by atoms with Crippen LogP contribution >= 0.6 is 5.74 Å². The number of hydrogen-bond acceptors (Lipinski definition) is 4. The van der Waals surface area contributed by atoms with Gasteiger partial charge in [0.25, 0.3) is 0 Å². The summed E-state index contributed by atoms with van der Waals surface area (Å²) in [7, 11) is 0. The number of hydrogen-bond donors (Lipinski definition) is 0. The van der Waals surface area contributed by atoms with E-state index in [-0.39, 0.29) is 5.63 Å². The maximum atomic E-state index is 13.0. The van der Waals surface area contributed by atoms with Gasteiger partial charge in [0.15, 0.2) is 0 Å². The van der Waals surface area contributed by atoms with Crippen LogP contribution in [0, 0.1) is 0 Å². The summed E-state index contributed by atoms with van der Waals surface area (Å²) in [5, 5.41) is 4.30. The first-order chi connectivity index (χ1) is 24.4. The summed E-state index contributed by atoms with van der Waals surface area (Å²) in [5.41, 5.74) is 2.89. The first-order valence-electron chi connectivity index (χ1n) is 16.9. The molecule has 5 aromatic carbocycles. The maximum Gasteiger partial charge on any atom is 0.343 e. The van der Waals surface area contributed by atoms with Gasteiger partial charge < -0.3 is 9.32 Å². The Hall–Kier alpha value is -4.99. The molecule has 0 spiro atoms. The maximum absolute atomic E-state index is 13.0. The molecule has 0 radical (unpaired) electrons. The predicted molar refractivity (Wildman–Crippen MR) is 210 cm³/mol. The van der Waals surface area contributed by atoms with Crippen LogP contribution in [0.25, 0.3) is 34.0 Å². The number of aromatic nitrogens is 1. The minimum absolute atomic E-state index is 0.346. The Morgan fingerprint density at radius 1 is 0.740 bits per heavy atom. The van der Waals surface area contributed by atoms with Crippen molar-refractivity contribution >= 4 is 71.2 Å². The van der Waals surface area contributed by atoms with E-state index in [2.05, 4.69) is 148 Å². The zero-order valence-corrected chi connectivity index (χ0v) is 30.7. The van der Waals surface area contributed by atoms with Gasteiger partial charge in [-0.05, 0) is 38.1 Å². The molecule has 5 nitrogen and oxygen atoms in total. The Labute approximate surface area is 300 Å². The van der Waals surface area contributed by atoms with Crippen LogP contribution in [-0.2, 0) is 6.54 Å². The molecule has 7 aromatic rings. The van der Waals surface area contributed by atoms with Gasteiger partial charge in [-0.1, -0.05) is 0 Å². The second-order valence-corrected chi connectivity index (χ2v) is 17.6. The molecule has 50 heavy (non-hydrogen) atoms. The smallest absolute Gasteiger partial charge is 0.343 e. The Bertz CT molecular complexity index is 2360. The van der Waals surface area contributed by atoms with E-state index in [1.807, 2.05) is 48.6 Å². The van der Waals surface area contributed by atoms with Crippen LogP contribution in [0.5, 0.6) is 5.75 Å². The Kier molecular flexibility index (Phi) is 9.96. The fourth-order valence-corrected chi connectivity index (χ4v) is 10.4. The first kappa shape index (κ1) is 33.5. The van der Waals surface area contributed by atoms with Crippen molar-refractivity contribution in [2.45, 2.75) is 20.4 Å². The summed E-state index contributed by atoms with van der Waals surface area (Å²) >= 11 is 3.45. The third-order valence-electron chi connectivity index (χ3n) is 8.98. The summed E-state index contributed by atoms with van der Waals surface area (Å²) < 4.78 is 14.8. The van der Waals surface area contributed by atoms with Crippen molar-refractivity contribution in [1.29, 1.82) is 0 Å². The summed E-state index contributed by atoms with van der Waals surface area (Å²) in [6, 6.07) is 47.6. The molecule has 0 saturated heterocycles. The van der Waals surface area contributed by atoms with Crippen molar-refractivity contribution in [2.75, 3.05) is 18.0 Å². The number of benzene rings is 5. The van der Waals surface area contributed by atoms with Crippen LogP contribution in [0.3, 0.4) is 0 Å². The minimum atomic E-state index is -2.23. The molecule has 2 aromatic heterocycles. The Balaban J connectivity index is 1.13. The molecule has 0 atom stereocenters. The van der Waals surface area contributed by atoms with E-state index in [1.54, 1.807) is 0 Å². The van der Waals surface area contributed by atoms with Crippen LogP contribution in [0.15, 0.2) is 155 Å². The number of pyridine rings is 1. The van der Waals surface area contributed by atoms with Gasteiger partial charge in [-0.15, -0.1) is 0 Å². The van der Waals surface area contributed by atoms with Gasteiger partial charge >= 0.3 is 208 Å². The van der Waals surface area contributed by atoms with E-state index in [0.717, 1.165) is 62.6 Å². The fourth-order valence-electron chi connectivity index (χ4n) is 6.29. The van der Waals surface area contributed by atoms with Gasteiger partial charge in [0.1, 0.15) is 5.58 Å². The third kappa shape index (κ3) is 7.02. The molecule has 0 unspecified atom stereocenters. The van der Waals surface area contributed by atoms with Crippen molar-refractivity contribution in [3.05, 3.63) is 173 Å². The van der Waals surface area contributed by atoms with Gasteiger partial charge in [0.2, 0.25) is 0 Å². The molecular formula is C43H38N2O3PSe+. The topological polar surface area (TPSA) is 46.6 Å². The van der Waals surface area contributed by atoms with Gasteiger partial charge in [0.05, 0.1) is 5.56 Å². The predicted octanol–water partition coefficient (Wildman–Crippen LogP) is 8.34. The van der Waals surface area contributed by atoms with E-state index in [0.29, 0.717) is 17.7 Å². The van der Waals surface area contributed by atoms with E-state index in [4.69, 9.17) is 8.94 Å². The summed E-state index contributed by atoms with van der Waals surface area (Å²) in [5.74, 6) is 0.825. The second kappa shape index (κ2) is 14.9. The molecule has 0 saturated carbocycles. The normalized spacial score (nSPS) is 11.7. The molecule has 0 aliphatic rings. The van der Waals surface area contributed by atoms with Crippen molar-refractivity contribution < 1.29 is 13.5 Å². The van der Waals surface area contributed by atoms with Crippen LogP contribution in [0.1, 0.15) is 30.5 Å². The number of fused-ring (bicyclic) bond motifs is 2. The van der Waals surface area contributed by atoms with Gasteiger partial charge in [0, 0.05) is 30.2 Å². The fraction of sp³-hybridized carbons (Fsp3) is 0.116. The van der Waals surface area contributed by atoms with E-state index >= 15 is 0 Å². The van der Waals surface area contributed by atoms with Crippen LogP contribution in [-0.4, -0.2) is 28.2 Å². The van der Waals surface area contributed by atoms with E-state index in [1.165, 1.54) is 0 Å². The molecule has 7 rings (SSSR count). The molecule has 0 bridgehead atoms. The second-order valence-electron chi connectivity index (χ2n) is 12.1. The average molecular weight is 741 g/mol. The summed E-state index contributed by atoms with van der Waals surface area (Å²) in [6.07, 6.45) is 5.96. The van der Waals surface area contributed by atoms with Gasteiger partial charge in [-0.3, -0.25) is 0 Å². The van der Waals surface area contributed by atoms with Gasteiger partial charge in [-0.25, -0.2) is 4.79 Å². The van der Waals surface area contributed by atoms with Crippen molar-refractivity contribution in [3.63, 3.8) is 0 Å². The first-order valence-corrected chi connectivity index (χ1v) is 20.8. The standard InChI is InChI=1S/C43H38N2O3PSe/c1-3-44(4-2)36-24-23-34-29-35(43(46)47-42(34)30-36)22-21-33-27-28-45(41-18-12-11-17-40(33)41)31-32-19-25-37(26-20-32)48-49(50,38-13-7-5-8-14-38)39-15-9-6-10-16-39/h5-30H,3-4,31H2,1-2H3/q+1. The molecule has 0 amide bonds. The van der Waals surface area contributed by atoms with Gasteiger partial charge in [-0.2, -0.15) is 0 Å². The quantitative estimate of drug-likeness (QED) is 0.0580. The molecule has 0 N–H and O–H groups in total. The molecule has 248 valence electrons. The van der Waals surface area contributed by atoms with Crippen LogP contribution in [0.2, 0.25) is 0 Å². The number of anilines is 1. The molecule has 0 fully saturated rings. The number of rotatable bonds is 11. The van der Waals surface area contributed by atoms with Crippen LogP contribution < -0.4 is 30.2 Å². The largest absolute Gasteiger partial charge is 0.422 e. The molecular weight excluding hydrogens is 702 g/mol. The third-order valence-corrected chi connectivity index (χ3v) is 14.5. The summed E-state index contributed by atoms with van der Waals surface area (Å²) in [6.45, 7) is 6.72. The Morgan fingerprint density at radius 2 is 1.38 bits per heavy atom. The van der Waals surface area contributed by atoms with Crippen LogP contribution in [0.4, 0.5) is 5.69 Å². The molecule has 0 aliphatic carbocycles. The monoisotopic (exact) mass is 741 g/mol. The molecule has 0 aliphatic heterocycles. The Morgan fingerprint density at radius 3 is 2.06 bits per heavy atom. The SMILES string of the molecule is CCN(CC)c1ccc2cc(/C=C/c3cc[n+](Cc4ccc(OP(=[Se])(c5ccccc5)c5ccccc5)cc4)c4ccccc34)c(=O)oc2c1. The summed E-state index contributed by atoms with van der Waals surface area (Å²) in [4.78, 5) is 15.2. The molecule has 7 heteroatoms. The zero-order chi connectivity index (χ0) is 34.5. The minimum Gasteiger partial charge on any atom is -0.422 e. The van der Waals surface area contributed by atoms with Crippen molar-refractivity contribution in [3.8, 4) is 5.75 Å². The molecule has 2 heterocycles. The zero-order valence-electron chi connectivity index (χ0n) is 28.1. The van der Waals surface area contributed by atoms with Crippen molar-refractivity contribution in [2.24, 2.45) is 0 Å². The van der Waals surface area contributed by atoms with Crippen molar-refractivity contribution in [1.82, 2.24) is 0 Å². The number of nitrogens with zero attached hydrogens (tertiary/aromatic N) is 2. The van der Waals surface area contributed by atoms with E-state index < -0.39 is 5.74 Å².